The lowest BCUT2D eigenvalue weighted by Gasteiger charge is -2.11. The van der Waals surface area contributed by atoms with Gasteiger partial charge in [-0.3, -0.25) is 9.59 Å². The number of amides is 2. The molecule has 0 atom stereocenters. The smallest absolute Gasteiger partial charge is 0.399 e. The number of nitrogens with zero attached hydrogens (tertiary/aromatic N) is 1. The first kappa shape index (κ1) is 12.4. The van der Waals surface area contributed by atoms with Gasteiger partial charge in [-0.25, -0.2) is 4.79 Å². The van der Waals surface area contributed by atoms with E-state index in [1.165, 1.54) is 24.3 Å². The van der Waals surface area contributed by atoms with Gasteiger partial charge in [0.25, 0.3) is 11.8 Å². The summed E-state index contributed by atoms with van der Waals surface area (Å²) in [7, 11) is 0. The summed E-state index contributed by atoms with van der Waals surface area (Å²) >= 11 is 5.53. The molecule has 0 bridgehead atoms. The van der Waals surface area contributed by atoms with E-state index in [9.17, 15) is 14.4 Å². The number of fused-ring (bicyclic) bond motifs is 1. The van der Waals surface area contributed by atoms with E-state index in [0.717, 1.165) is 0 Å². The molecular weight excluding hydrogens is 286 g/mol. The number of furan rings is 1. The molecule has 1 aliphatic rings. The van der Waals surface area contributed by atoms with Gasteiger partial charge in [0.1, 0.15) is 0 Å². The van der Waals surface area contributed by atoms with Crippen molar-refractivity contribution in [3.63, 3.8) is 0 Å². The maximum atomic E-state index is 12.0. The summed E-state index contributed by atoms with van der Waals surface area (Å²) in [6, 6.07) is 8.81. The van der Waals surface area contributed by atoms with Crippen LogP contribution in [0.15, 0.2) is 40.8 Å². The van der Waals surface area contributed by atoms with Crippen molar-refractivity contribution in [2.75, 3.05) is 0 Å². The van der Waals surface area contributed by atoms with E-state index in [1.54, 1.807) is 12.1 Å². The van der Waals surface area contributed by atoms with E-state index in [1.807, 2.05) is 0 Å². The van der Waals surface area contributed by atoms with Gasteiger partial charge in [0.05, 0.1) is 11.1 Å². The van der Waals surface area contributed by atoms with Gasteiger partial charge >= 0.3 is 5.97 Å². The summed E-state index contributed by atoms with van der Waals surface area (Å²) in [4.78, 5) is 40.4. The molecule has 2 heterocycles. The molecule has 20 heavy (non-hydrogen) atoms. The van der Waals surface area contributed by atoms with Gasteiger partial charge in [0, 0.05) is 0 Å². The number of hydrogen-bond acceptors (Lipinski definition) is 5. The lowest BCUT2D eigenvalue weighted by Crippen LogP contribution is -2.32. The van der Waals surface area contributed by atoms with Crippen LogP contribution in [0.3, 0.4) is 0 Å². The van der Waals surface area contributed by atoms with Gasteiger partial charge in [-0.1, -0.05) is 17.2 Å². The van der Waals surface area contributed by atoms with Crippen LogP contribution in [-0.4, -0.2) is 22.8 Å². The first-order valence-electron chi connectivity index (χ1n) is 5.53. The third-order valence-corrected chi connectivity index (χ3v) is 2.91. The second kappa shape index (κ2) is 4.50. The number of hydrogen-bond donors (Lipinski definition) is 0. The van der Waals surface area contributed by atoms with Crippen LogP contribution in [0, 0.1) is 0 Å². The van der Waals surface area contributed by atoms with Crippen molar-refractivity contribution in [1.82, 2.24) is 5.06 Å². The van der Waals surface area contributed by atoms with Crippen molar-refractivity contribution in [2.24, 2.45) is 0 Å². The fourth-order valence-electron chi connectivity index (χ4n) is 1.80. The van der Waals surface area contributed by atoms with Gasteiger partial charge in [-0.05, 0) is 35.9 Å². The highest BCUT2D eigenvalue weighted by Gasteiger charge is 2.39. The Bertz CT molecular complexity index is 701. The molecule has 2 aromatic rings. The second-order valence-electron chi connectivity index (χ2n) is 3.93. The summed E-state index contributed by atoms with van der Waals surface area (Å²) < 4.78 is 4.84. The zero-order chi connectivity index (χ0) is 14.3. The molecule has 0 saturated heterocycles. The molecule has 0 unspecified atom stereocenters. The predicted molar refractivity (Wildman–Crippen MR) is 66.1 cm³/mol. The van der Waals surface area contributed by atoms with Crippen LogP contribution < -0.4 is 0 Å². The fraction of sp³-hybridized carbons (Fsp3) is 0. The normalized spacial score (nSPS) is 13.6. The van der Waals surface area contributed by atoms with Crippen LogP contribution in [-0.2, 0) is 4.84 Å². The average Bonchev–Trinajstić information content (AvgIpc) is 2.98. The second-order valence-corrected chi connectivity index (χ2v) is 4.31. The van der Waals surface area contributed by atoms with E-state index in [2.05, 4.69) is 0 Å². The number of benzene rings is 1. The summed E-state index contributed by atoms with van der Waals surface area (Å²) in [5, 5.41) is 0.406. The molecule has 6 nitrogen and oxygen atoms in total. The monoisotopic (exact) mass is 291 g/mol. The maximum Gasteiger partial charge on any atom is 0.399 e. The van der Waals surface area contributed by atoms with Crippen molar-refractivity contribution in [2.45, 2.75) is 0 Å². The zero-order valence-electron chi connectivity index (χ0n) is 9.83. The fourth-order valence-corrected chi connectivity index (χ4v) is 1.95. The molecule has 0 N–H and O–H groups in total. The standard InChI is InChI=1S/C13H6ClNO5/c14-10-6-5-9(19-10)13(18)20-15-11(16)7-3-1-2-4-8(7)12(15)17/h1-6H. The minimum Gasteiger partial charge on any atom is -0.438 e. The van der Waals surface area contributed by atoms with Gasteiger partial charge < -0.3 is 9.25 Å². The van der Waals surface area contributed by atoms with E-state index < -0.39 is 17.8 Å². The minimum absolute atomic E-state index is 0.000638. The number of imide groups is 1. The number of rotatable bonds is 2. The van der Waals surface area contributed by atoms with Crippen LogP contribution in [0.4, 0.5) is 0 Å². The van der Waals surface area contributed by atoms with Gasteiger partial charge in [-0.2, -0.15) is 0 Å². The Labute approximate surface area is 117 Å². The van der Waals surface area contributed by atoms with Crippen molar-refractivity contribution in [3.8, 4) is 0 Å². The number of halogens is 1. The molecule has 0 saturated carbocycles. The quantitative estimate of drug-likeness (QED) is 0.793. The molecule has 7 heteroatoms. The molecular formula is C13H6ClNO5. The highest BCUT2D eigenvalue weighted by molar-refractivity contribution is 6.29. The van der Waals surface area contributed by atoms with E-state index in [0.29, 0.717) is 5.06 Å². The highest BCUT2D eigenvalue weighted by Crippen LogP contribution is 2.23. The molecule has 0 aliphatic carbocycles. The largest absolute Gasteiger partial charge is 0.438 e. The van der Waals surface area contributed by atoms with Crippen LogP contribution in [0.5, 0.6) is 0 Å². The highest BCUT2D eigenvalue weighted by atomic mass is 35.5. The lowest BCUT2D eigenvalue weighted by atomic mass is 10.1. The third kappa shape index (κ3) is 1.86. The number of hydroxylamine groups is 2. The van der Waals surface area contributed by atoms with Crippen LogP contribution >= 0.6 is 11.6 Å². The molecule has 0 fully saturated rings. The van der Waals surface area contributed by atoms with Crippen molar-refractivity contribution in [1.29, 1.82) is 0 Å². The van der Waals surface area contributed by atoms with Gasteiger partial charge in [0.2, 0.25) is 5.76 Å². The molecule has 2 amide bonds. The minimum atomic E-state index is -0.980. The van der Waals surface area contributed by atoms with Crippen LogP contribution in [0.1, 0.15) is 31.3 Å². The maximum absolute atomic E-state index is 12.0. The van der Waals surface area contributed by atoms with Gasteiger partial charge in [0.15, 0.2) is 5.22 Å². The number of carbonyl (C=O) groups is 3. The Hall–Kier alpha value is -2.60. The third-order valence-electron chi connectivity index (χ3n) is 2.71. The van der Waals surface area contributed by atoms with Crippen molar-refractivity contribution < 1.29 is 23.6 Å². The average molecular weight is 292 g/mol. The summed E-state index contributed by atoms with van der Waals surface area (Å²) in [5.74, 6) is -2.58. The first-order valence-corrected chi connectivity index (χ1v) is 5.91. The Morgan fingerprint density at radius 1 is 1.05 bits per heavy atom. The van der Waals surface area contributed by atoms with Gasteiger partial charge in [-0.15, -0.1) is 0 Å². The predicted octanol–water partition coefficient (Wildman–Crippen LogP) is 2.30. The molecule has 100 valence electrons. The summed E-state index contributed by atoms with van der Waals surface area (Å²) in [6.07, 6.45) is 0. The number of carbonyl (C=O) groups excluding carboxylic acids is 3. The molecule has 3 rings (SSSR count). The summed E-state index contributed by atoms with van der Waals surface area (Å²) in [5.41, 5.74) is 0.366. The Balaban J connectivity index is 1.85. The van der Waals surface area contributed by atoms with Crippen molar-refractivity contribution >= 4 is 29.4 Å². The lowest BCUT2D eigenvalue weighted by molar-refractivity contribution is -0.0603. The van der Waals surface area contributed by atoms with Crippen molar-refractivity contribution in [3.05, 3.63) is 58.5 Å². The Morgan fingerprint density at radius 3 is 2.15 bits per heavy atom. The van der Waals surface area contributed by atoms with E-state index in [4.69, 9.17) is 20.9 Å². The topological polar surface area (TPSA) is 76.8 Å². The molecule has 1 aromatic carbocycles. The summed E-state index contributed by atoms with van der Waals surface area (Å²) in [6.45, 7) is 0. The molecule has 1 aromatic heterocycles. The first-order chi connectivity index (χ1) is 9.58. The van der Waals surface area contributed by atoms with E-state index in [-0.39, 0.29) is 22.1 Å². The van der Waals surface area contributed by atoms with Crippen LogP contribution in [0.25, 0.3) is 0 Å². The molecule has 1 aliphatic heterocycles. The molecule has 0 radical (unpaired) electrons. The van der Waals surface area contributed by atoms with Crippen LogP contribution in [0.2, 0.25) is 5.22 Å². The zero-order valence-corrected chi connectivity index (χ0v) is 10.6. The SMILES string of the molecule is O=C(ON1C(=O)c2ccccc2C1=O)c1ccc(Cl)o1. The Kier molecular flexibility index (Phi) is 2.80. The molecule has 0 spiro atoms. The van der Waals surface area contributed by atoms with E-state index >= 15 is 0 Å². The Morgan fingerprint density at radius 2 is 1.65 bits per heavy atom.